The van der Waals surface area contributed by atoms with Crippen molar-refractivity contribution in [2.75, 3.05) is 30.7 Å². The molecule has 1 fully saturated rings. The molecule has 1 aliphatic heterocycles. The van der Waals surface area contributed by atoms with Crippen molar-refractivity contribution in [3.05, 3.63) is 46.4 Å². The van der Waals surface area contributed by atoms with Crippen LogP contribution in [-0.2, 0) is 20.7 Å². The van der Waals surface area contributed by atoms with Gasteiger partial charge < -0.3 is 4.74 Å². The number of aryl methyl sites for hydroxylation is 1. The first-order valence-corrected chi connectivity index (χ1v) is 17.2. The molecule has 1 aliphatic rings. The highest BCUT2D eigenvalue weighted by Gasteiger charge is 2.35. The van der Waals surface area contributed by atoms with Crippen LogP contribution in [0.4, 0.5) is 10.2 Å². The Morgan fingerprint density at radius 3 is 2.64 bits per heavy atom. The molecule has 33 heavy (non-hydrogen) atoms. The molecule has 7 nitrogen and oxygen atoms in total. The van der Waals surface area contributed by atoms with Crippen LogP contribution >= 0.6 is 23.4 Å². The van der Waals surface area contributed by atoms with Gasteiger partial charge in [0.2, 0.25) is 0 Å². The Hall–Kier alpha value is -1.24. The van der Waals surface area contributed by atoms with Gasteiger partial charge in [-0.15, -0.1) is 0 Å². The number of nitrogens with zero attached hydrogens (tertiary/aromatic N) is 4. The number of thioether (sulfide) groups is 1. The molecule has 0 saturated carbocycles. The van der Waals surface area contributed by atoms with Gasteiger partial charge in [0.05, 0.1) is 0 Å². The number of benzene rings is 1. The molecule has 2 heterocycles. The molecule has 0 N–H and O–H groups in total. The van der Waals surface area contributed by atoms with E-state index in [1.807, 2.05) is 0 Å². The molecule has 0 amide bonds. The third-order valence-corrected chi connectivity index (χ3v) is 9.83. The summed E-state index contributed by atoms with van der Waals surface area (Å²) in [6.07, 6.45) is 0.817. The normalized spacial score (nSPS) is 14.8. The van der Waals surface area contributed by atoms with Crippen LogP contribution < -0.4 is 4.31 Å². The number of ether oxygens (including phenoxy) is 1. The molecular weight excluding hydrogens is 503 g/mol. The first-order chi connectivity index (χ1) is 15.5. The van der Waals surface area contributed by atoms with Gasteiger partial charge in [-0.1, -0.05) is 61.2 Å². The molecule has 0 spiro atoms. The average molecular weight is 533 g/mol. The maximum absolute atomic E-state index is 14.4. The van der Waals surface area contributed by atoms with Crippen LogP contribution in [0.15, 0.2) is 29.4 Å². The summed E-state index contributed by atoms with van der Waals surface area (Å²) in [5, 5.41) is 0.377. The highest BCUT2D eigenvalue weighted by Crippen LogP contribution is 2.29. The van der Waals surface area contributed by atoms with E-state index in [1.165, 1.54) is 22.1 Å². The maximum Gasteiger partial charge on any atom is 0.307 e. The van der Waals surface area contributed by atoms with Crippen molar-refractivity contribution in [2.45, 2.75) is 49.9 Å². The largest absolute Gasteiger partial charge is 0.360 e. The molecule has 0 unspecified atom stereocenters. The summed E-state index contributed by atoms with van der Waals surface area (Å²) < 4.78 is 49.1. The lowest BCUT2D eigenvalue weighted by molar-refractivity contribution is 0.154. The zero-order chi connectivity index (χ0) is 24.2. The van der Waals surface area contributed by atoms with Gasteiger partial charge in [0.1, 0.15) is 17.7 Å². The van der Waals surface area contributed by atoms with Crippen LogP contribution in [0.25, 0.3) is 0 Å². The van der Waals surface area contributed by atoms with Crippen molar-refractivity contribution >= 4 is 47.5 Å². The second-order valence-electron chi connectivity index (χ2n) is 9.13. The summed E-state index contributed by atoms with van der Waals surface area (Å²) in [5.41, 5.74) is 1.08. The van der Waals surface area contributed by atoms with Crippen LogP contribution in [0.1, 0.15) is 17.5 Å². The summed E-state index contributed by atoms with van der Waals surface area (Å²) >= 11 is 7.42. The Bertz CT molecular complexity index is 1080. The Kier molecular flexibility index (Phi) is 8.79. The van der Waals surface area contributed by atoms with Crippen molar-refractivity contribution in [3.8, 4) is 0 Å². The monoisotopic (exact) mass is 532 g/mol. The van der Waals surface area contributed by atoms with Gasteiger partial charge in [0.25, 0.3) is 0 Å². The molecule has 1 saturated heterocycles. The van der Waals surface area contributed by atoms with E-state index in [9.17, 15) is 12.8 Å². The highest BCUT2D eigenvalue weighted by molar-refractivity contribution is 7.98. The molecule has 1 aromatic carbocycles. The van der Waals surface area contributed by atoms with Gasteiger partial charge >= 0.3 is 10.2 Å². The summed E-state index contributed by atoms with van der Waals surface area (Å²) in [5.74, 6) is 0.158. The van der Waals surface area contributed by atoms with E-state index in [0.29, 0.717) is 36.6 Å². The lowest BCUT2D eigenvalue weighted by Gasteiger charge is -2.35. The van der Waals surface area contributed by atoms with E-state index < -0.39 is 18.3 Å². The molecule has 2 aromatic rings. The van der Waals surface area contributed by atoms with Gasteiger partial charge in [-0.3, -0.25) is 0 Å². The van der Waals surface area contributed by atoms with Gasteiger partial charge in [0.15, 0.2) is 11.0 Å². The fourth-order valence-electron chi connectivity index (χ4n) is 2.97. The topological polar surface area (TPSA) is 75.6 Å². The lowest BCUT2D eigenvalue weighted by Crippen LogP contribution is -2.51. The Balaban J connectivity index is 1.81. The van der Waals surface area contributed by atoms with E-state index in [0.717, 1.165) is 16.8 Å². The van der Waals surface area contributed by atoms with Crippen LogP contribution in [0, 0.1) is 12.7 Å². The number of aromatic nitrogens is 2. The summed E-state index contributed by atoms with van der Waals surface area (Å²) in [7, 11) is -5.14. The number of hydrogen-bond donors (Lipinski definition) is 0. The maximum atomic E-state index is 14.4. The minimum atomic E-state index is -3.81. The van der Waals surface area contributed by atoms with Crippen LogP contribution in [-0.4, -0.2) is 57.2 Å². The molecule has 0 bridgehead atoms. The number of anilines is 1. The second kappa shape index (κ2) is 11.0. The van der Waals surface area contributed by atoms with E-state index in [1.54, 1.807) is 25.1 Å². The average Bonchev–Trinajstić information content (AvgIpc) is 2.65. The van der Waals surface area contributed by atoms with E-state index >= 15 is 0 Å². The predicted octanol–water partition coefficient (Wildman–Crippen LogP) is 4.94. The zero-order valence-corrected chi connectivity index (χ0v) is 22.7. The Morgan fingerprint density at radius 2 is 2.00 bits per heavy atom. The van der Waals surface area contributed by atoms with Gasteiger partial charge in [0, 0.05) is 39.6 Å². The third kappa shape index (κ3) is 7.12. The molecule has 0 atom stereocenters. The SMILES string of the molecule is Cc1cccc(CSc2nc(Cl)cc(N(COCC[Si](C)(C)C)S(=O)(=O)N3CCC3)n2)c1F. The quantitative estimate of drug-likeness (QED) is 0.102. The van der Waals surface area contributed by atoms with Gasteiger partial charge in [-0.25, -0.2) is 18.7 Å². The number of rotatable bonds is 11. The lowest BCUT2D eigenvalue weighted by atomic mass is 10.1. The fourth-order valence-corrected chi connectivity index (χ4v) is 6.32. The zero-order valence-electron chi connectivity index (χ0n) is 19.3. The van der Waals surface area contributed by atoms with E-state index in [2.05, 4.69) is 29.6 Å². The van der Waals surface area contributed by atoms with Crippen molar-refractivity contribution in [1.29, 1.82) is 0 Å². The van der Waals surface area contributed by atoms with Gasteiger partial charge in [-0.05, 0) is 30.5 Å². The standard InChI is InChI=1S/C21H30ClFN4O3S2Si/c1-16-7-5-8-17(20(16)23)14-31-21-24-18(22)13-19(25-21)27(15-30-11-12-33(2,3)4)32(28,29)26-9-6-10-26/h5,7-8,13H,6,9-12,14-15H2,1-4H3. The summed E-state index contributed by atoms with van der Waals surface area (Å²) in [6, 6.07) is 7.53. The minimum absolute atomic E-state index is 0.109. The molecule has 0 radical (unpaired) electrons. The molecule has 3 rings (SSSR count). The smallest absolute Gasteiger partial charge is 0.307 e. The number of halogens is 2. The van der Waals surface area contributed by atoms with Crippen LogP contribution in [0.2, 0.25) is 30.8 Å². The Morgan fingerprint density at radius 1 is 1.27 bits per heavy atom. The van der Waals surface area contributed by atoms with Crippen LogP contribution in [0.3, 0.4) is 0 Å². The fraction of sp³-hybridized carbons (Fsp3) is 0.524. The van der Waals surface area contributed by atoms with Gasteiger partial charge in [-0.2, -0.15) is 12.7 Å². The molecule has 1 aromatic heterocycles. The summed E-state index contributed by atoms with van der Waals surface area (Å²) in [6.45, 7) is 9.63. The highest BCUT2D eigenvalue weighted by atomic mass is 35.5. The predicted molar refractivity (Wildman–Crippen MR) is 134 cm³/mol. The second-order valence-corrected chi connectivity index (χ2v) is 17.9. The molecule has 182 valence electrons. The van der Waals surface area contributed by atoms with Crippen molar-refractivity contribution in [1.82, 2.24) is 14.3 Å². The molecular formula is C21H30ClFN4O3S2Si. The first kappa shape index (κ1) is 26.4. The summed E-state index contributed by atoms with van der Waals surface area (Å²) in [4.78, 5) is 8.63. The van der Waals surface area contributed by atoms with E-state index in [-0.39, 0.29) is 28.7 Å². The Labute approximate surface area is 205 Å². The van der Waals surface area contributed by atoms with Crippen molar-refractivity contribution in [2.24, 2.45) is 0 Å². The number of hydrogen-bond acceptors (Lipinski definition) is 6. The molecule has 0 aliphatic carbocycles. The van der Waals surface area contributed by atoms with Crippen molar-refractivity contribution < 1.29 is 17.5 Å². The molecule has 12 heteroatoms. The van der Waals surface area contributed by atoms with Crippen LogP contribution in [0.5, 0.6) is 0 Å². The van der Waals surface area contributed by atoms with Crippen molar-refractivity contribution in [3.63, 3.8) is 0 Å². The van der Waals surface area contributed by atoms with E-state index in [4.69, 9.17) is 16.3 Å². The third-order valence-electron chi connectivity index (χ3n) is 5.17. The first-order valence-electron chi connectivity index (χ1n) is 10.7. The minimum Gasteiger partial charge on any atom is -0.360 e.